The topological polar surface area (TPSA) is 96.7 Å². The van der Waals surface area contributed by atoms with Crippen LogP contribution in [-0.4, -0.2) is 20.9 Å². The van der Waals surface area contributed by atoms with E-state index in [-0.39, 0.29) is 5.69 Å². The van der Waals surface area contributed by atoms with Crippen molar-refractivity contribution < 1.29 is 13.6 Å². The molecule has 4 N–H and O–H groups in total. The Kier molecular flexibility index (Phi) is 4.00. The fourth-order valence-electron chi connectivity index (χ4n) is 2.80. The lowest BCUT2D eigenvalue weighted by Crippen LogP contribution is -2.17. The molecule has 0 radical (unpaired) electrons. The summed E-state index contributed by atoms with van der Waals surface area (Å²) in [5.41, 5.74) is 6.97. The Hall–Kier alpha value is -3.81. The lowest BCUT2D eigenvalue weighted by molar-refractivity contribution is 0.101. The Morgan fingerprint density at radius 1 is 1.19 bits per heavy atom. The Labute approximate surface area is 152 Å². The molecule has 0 saturated carbocycles. The van der Waals surface area contributed by atoms with Gasteiger partial charge in [-0.25, -0.2) is 13.8 Å². The van der Waals surface area contributed by atoms with Crippen LogP contribution in [-0.2, 0) is 0 Å². The number of halogens is 2. The van der Waals surface area contributed by atoms with Gasteiger partial charge in [-0.05, 0) is 24.3 Å². The smallest absolute Gasteiger partial charge is 0.261 e. The maximum absolute atomic E-state index is 14.1. The van der Waals surface area contributed by atoms with Gasteiger partial charge in [0.25, 0.3) is 5.91 Å². The summed E-state index contributed by atoms with van der Waals surface area (Å²) in [6.45, 7) is 0. The second-order valence-electron chi connectivity index (χ2n) is 5.84. The minimum atomic E-state index is -1.10. The van der Waals surface area contributed by atoms with Gasteiger partial charge in [0.15, 0.2) is 5.82 Å². The summed E-state index contributed by atoms with van der Waals surface area (Å²) in [4.78, 5) is 23.7. The van der Waals surface area contributed by atoms with Gasteiger partial charge in [0, 0.05) is 35.1 Å². The molecular formula is C19H13F2N5O. The number of carbonyl (C=O) groups is 1. The number of nitrogens with zero attached hydrogens (tertiary/aromatic N) is 2. The number of nitrogens with two attached hydrogens (primary N) is 1. The van der Waals surface area contributed by atoms with E-state index in [2.05, 4.69) is 20.3 Å². The van der Waals surface area contributed by atoms with Gasteiger partial charge in [-0.15, -0.1) is 0 Å². The number of carbonyl (C=O) groups excluding carboxylic acids is 1. The zero-order chi connectivity index (χ0) is 19.0. The highest BCUT2D eigenvalue weighted by Crippen LogP contribution is 2.29. The van der Waals surface area contributed by atoms with Crippen molar-refractivity contribution in [1.29, 1.82) is 0 Å². The van der Waals surface area contributed by atoms with Crippen LogP contribution in [0, 0.1) is 11.6 Å². The van der Waals surface area contributed by atoms with E-state index in [9.17, 15) is 13.6 Å². The monoisotopic (exact) mass is 365 g/mol. The Morgan fingerprint density at radius 2 is 2.04 bits per heavy atom. The number of rotatable bonds is 3. The third-order valence-electron chi connectivity index (χ3n) is 4.11. The van der Waals surface area contributed by atoms with Crippen LogP contribution in [0.25, 0.3) is 22.2 Å². The molecule has 4 rings (SSSR count). The molecule has 4 aromatic rings. The molecule has 0 aliphatic rings. The number of anilines is 2. The van der Waals surface area contributed by atoms with Gasteiger partial charge in [0.1, 0.15) is 17.0 Å². The number of benzene rings is 1. The fraction of sp³-hybridized carbons (Fsp3) is 0. The Morgan fingerprint density at radius 3 is 2.81 bits per heavy atom. The van der Waals surface area contributed by atoms with E-state index in [4.69, 9.17) is 5.73 Å². The molecule has 1 amide bonds. The average Bonchev–Trinajstić information content (AvgIpc) is 3.09. The highest BCUT2D eigenvalue weighted by atomic mass is 19.1. The maximum Gasteiger partial charge on any atom is 0.261 e. The van der Waals surface area contributed by atoms with Crippen LogP contribution in [0.2, 0.25) is 0 Å². The van der Waals surface area contributed by atoms with E-state index < -0.39 is 23.1 Å². The molecule has 1 aromatic carbocycles. The first kappa shape index (κ1) is 16.6. The molecule has 8 heteroatoms. The second-order valence-corrected chi connectivity index (χ2v) is 5.84. The van der Waals surface area contributed by atoms with Crippen molar-refractivity contribution in [3.8, 4) is 11.1 Å². The summed E-state index contributed by atoms with van der Waals surface area (Å²) in [5.74, 6) is -3.04. The first-order valence-corrected chi connectivity index (χ1v) is 7.97. The molecule has 0 atom stereocenters. The highest BCUT2D eigenvalue weighted by Gasteiger charge is 2.20. The van der Waals surface area contributed by atoms with Crippen LogP contribution >= 0.6 is 0 Å². The molecule has 0 unspecified atom stereocenters. The summed E-state index contributed by atoms with van der Waals surface area (Å²) < 4.78 is 27.9. The van der Waals surface area contributed by atoms with E-state index in [0.717, 1.165) is 28.6 Å². The molecule has 134 valence electrons. The zero-order valence-electron chi connectivity index (χ0n) is 13.8. The number of H-pyrrole nitrogens is 1. The largest absolute Gasteiger partial charge is 0.396 e. The second kappa shape index (κ2) is 6.49. The van der Waals surface area contributed by atoms with Gasteiger partial charge in [0.05, 0.1) is 17.6 Å². The Balaban J connectivity index is 1.71. The van der Waals surface area contributed by atoms with Crippen molar-refractivity contribution in [3.05, 3.63) is 72.3 Å². The van der Waals surface area contributed by atoms with E-state index in [1.807, 2.05) is 6.07 Å². The lowest BCUT2D eigenvalue weighted by atomic mass is 10.1. The van der Waals surface area contributed by atoms with E-state index in [0.29, 0.717) is 11.3 Å². The van der Waals surface area contributed by atoms with Crippen LogP contribution in [0.4, 0.5) is 20.2 Å². The third kappa shape index (κ3) is 2.97. The number of hydrogen-bond acceptors (Lipinski definition) is 4. The quantitative estimate of drug-likeness (QED) is 0.482. The van der Waals surface area contributed by atoms with Crippen molar-refractivity contribution >= 4 is 28.3 Å². The first-order chi connectivity index (χ1) is 13.0. The van der Waals surface area contributed by atoms with E-state index in [1.54, 1.807) is 30.7 Å². The zero-order valence-corrected chi connectivity index (χ0v) is 13.8. The van der Waals surface area contributed by atoms with Crippen LogP contribution < -0.4 is 11.1 Å². The fourth-order valence-corrected chi connectivity index (χ4v) is 2.80. The molecule has 3 heterocycles. The summed E-state index contributed by atoms with van der Waals surface area (Å²) in [7, 11) is 0. The standard InChI is InChI=1S/C19H13F2N5O/c20-14-3-4-15(22)17(21)16(14)19(27)26-11-6-12-13(9-25-18(12)24-8-11)10-2-1-5-23-7-10/h1-9H,22H2,(H,24,25)(H,26,27). The van der Waals surface area contributed by atoms with Crippen LogP contribution in [0.1, 0.15) is 10.4 Å². The molecule has 0 fully saturated rings. The molecule has 27 heavy (non-hydrogen) atoms. The van der Waals surface area contributed by atoms with Crippen molar-refractivity contribution in [2.24, 2.45) is 0 Å². The minimum absolute atomic E-state index is 0.290. The van der Waals surface area contributed by atoms with Crippen LogP contribution in [0.3, 0.4) is 0 Å². The van der Waals surface area contributed by atoms with Crippen molar-refractivity contribution in [2.75, 3.05) is 11.1 Å². The van der Waals surface area contributed by atoms with Crippen molar-refractivity contribution in [3.63, 3.8) is 0 Å². The molecule has 0 aliphatic carbocycles. The molecule has 0 bridgehead atoms. The van der Waals surface area contributed by atoms with Gasteiger partial charge >= 0.3 is 0 Å². The SMILES string of the molecule is Nc1ccc(F)c(C(=O)Nc2cnc3[nH]cc(-c4cccnc4)c3c2)c1F. The highest BCUT2D eigenvalue weighted by molar-refractivity contribution is 6.06. The summed E-state index contributed by atoms with van der Waals surface area (Å²) in [6, 6.07) is 7.37. The normalized spacial score (nSPS) is 10.9. The predicted molar refractivity (Wildman–Crippen MR) is 98.0 cm³/mol. The number of nitrogen functional groups attached to an aromatic ring is 1. The molecule has 0 saturated heterocycles. The van der Waals surface area contributed by atoms with Crippen LogP contribution in [0.5, 0.6) is 0 Å². The first-order valence-electron chi connectivity index (χ1n) is 7.97. The molecular weight excluding hydrogens is 352 g/mol. The van der Waals surface area contributed by atoms with Crippen molar-refractivity contribution in [1.82, 2.24) is 15.0 Å². The average molecular weight is 365 g/mol. The molecule has 3 aromatic heterocycles. The Bertz CT molecular complexity index is 1160. The van der Waals surface area contributed by atoms with Gasteiger partial charge in [-0.3, -0.25) is 9.78 Å². The summed E-state index contributed by atoms with van der Waals surface area (Å²) in [6.07, 6.45) is 6.53. The van der Waals surface area contributed by atoms with Crippen molar-refractivity contribution in [2.45, 2.75) is 0 Å². The van der Waals surface area contributed by atoms with E-state index in [1.165, 1.54) is 6.20 Å². The molecule has 0 aliphatic heterocycles. The van der Waals surface area contributed by atoms with Gasteiger partial charge < -0.3 is 16.0 Å². The third-order valence-corrected chi connectivity index (χ3v) is 4.11. The lowest BCUT2D eigenvalue weighted by Gasteiger charge is -2.09. The van der Waals surface area contributed by atoms with Crippen LogP contribution in [0.15, 0.2) is 55.1 Å². The number of hydrogen-bond donors (Lipinski definition) is 3. The van der Waals surface area contributed by atoms with Gasteiger partial charge in [-0.2, -0.15) is 0 Å². The maximum atomic E-state index is 14.1. The van der Waals surface area contributed by atoms with Gasteiger partial charge in [-0.1, -0.05) is 6.07 Å². The van der Waals surface area contributed by atoms with E-state index >= 15 is 0 Å². The van der Waals surface area contributed by atoms with Gasteiger partial charge in [0.2, 0.25) is 0 Å². The number of fused-ring (bicyclic) bond motifs is 1. The predicted octanol–water partition coefficient (Wildman–Crippen LogP) is 3.74. The minimum Gasteiger partial charge on any atom is -0.396 e. The summed E-state index contributed by atoms with van der Waals surface area (Å²) in [5, 5.41) is 3.19. The summed E-state index contributed by atoms with van der Waals surface area (Å²) >= 11 is 0. The molecule has 0 spiro atoms. The number of aromatic nitrogens is 3. The number of aromatic amines is 1. The number of amides is 1. The molecule has 6 nitrogen and oxygen atoms in total. The number of nitrogens with one attached hydrogen (secondary N) is 2. The number of pyridine rings is 2.